The number of carbonyl (C=O) groups is 2. The molecule has 0 unspecified atom stereocenters. The van der Waals surface area contributed by atoms with Gasteiger partial charge in [-0.05, 0) is 87.1 Å². The first-order valence-corrected chi connectivity index (χ1v) is 16.6. The van der Waals surface area contributed by atoms with E-state index in [0.717, 1.165) is 11.1 Å². The average molecular weight is 687 g/mol. The summed E-state index contributed by atoms with van der Waals surface area (Å²) in [4.78, 5) is 26.7. The first-order chi connectivity index (χ1) is 24.6. The summed E-state index contributed by atoms with van der Waals surface area (Å²) >= 11 is 0. The van der Waals surface area contributed by atoms with E-state index in [-0.39, 0.29) is 31.1 Å². The number of ether oxygens (including phenoxy) is 2. The average Bonchev–Trinajstić information content (AvgIpc) is 3.75. The van der Waals surface area contributed by atoms with Gasteiger partial charge < -0.3 is 19.7 Å². The highest BCUT2D eigenvalue weighted by Gasteiger charge is 2.20. The van der Waals surface area contributed by atoms with Crippen LogP contribution in [-0.2, 0) is 38.3 Å². The van der Waals surface area contributed by atoms with Crippen molar-refractivity contribution in [2.45, 2.75) is 46.0 Å². The van der Waals surface area contributed by atoms with Gasteiger partial charge in [0.15, 0.2) is 0 Å². The lowest BCUT2D eigenvalue weighted by atomic mass is 9.95. The largest absolute Gasteiger partial charge is 0.505 e. The van der Waals surface area contributed by atoms with Gasteiger partial charge in [-0.2, -0.15) is 0 Å². The van der Waals surface area contributed by atoms with Crippen molar-refractivity contribution in [3.05, 3.63) is 119 Å². The number of phenols is 2. The Labute approximate surface area is 294 Å². The molecule has 0 radical (unpaired) electrons. The molecule has 2 heterocycles. The summed E-state index contributed by atoms with van der Waals surface area (Å²) in [5.74, 6) is -0.994. The Hall–Kier alpha value is -6.30. The number of aromatic hydroxyl groups is 2. The molecule has 6 aromatic rings. The van der Waals surface area contributed by atoms with Crippen LogP contribution in [0.15, 0.2) is 97.1 Å². The zero-order chi connectivity index (χ0) is 36.1. The van der Waals surface area contributed by atoms with Crippen LogP contribution in [0, 0.1) is 0 Å². The van der Waals surface area contributed by atoms with Crippen molar-refractivity contribution < 1.29 is 29.3 Å². The van der Waals surface area contributed by atoms with Crippen LogP contribution >= 0.6 is 0 Å². The third-order valence-corrected chi connectivity index (χ3v) is 8.22. The molecule has 0 saturated heterocycles. The molecule has 0 aliphatic rings. The zero-order valence-corrected chi connectivity index (χ0v) is 28.5. The molecule has 2 aromatic heterocycles. The molecule has 0 saturated carbocycles. The van der Waals surface area contributed by atoms with Crippen molar-refractivity contribution in [2.24, 2.45) is 0 Å². The number of aromatic nitrogens is 6. The summed E-state index contributed by atoms with van der Waals surface area (Å²) in [6, 6.07) is 22.2. The van der Waals surface area contributed by atoms with E-state index in [2.05, 4.69) is 33.6 Å². The van der Waals surface area contributed by atoms with Crippen molar-refractivity contribution in [1.29, 1.82) is 0 Å². The van der Waals surface area contributed by atoms with Crippen LogP contribution in [0.25, 0.3) is 33.4 Å². The van der Waals surface area contributed by atoms with E-state index >= 15 is 0 Å². The quantitative estimate of drug-likeness (QED) is 0.0762. The normalized spacial score (nSPS) is 11.2. The fourth-order valence-electron chi connectivity index (χ4n) is 5.62. The van der Waals surface area contributed by atoms with Crippen molar-refractivity contribution in [1.82, 2.24) is 30.0 Å². The number of aryl methyl sites for hydroxylation is 2. The highest BCUT2D eigenvalue weighted by molar-refractivity contribution is 5.87. The molecule has 6 rings (SSSR count). The number of hydrogen-bond acceptors (Lipinski definition) is 10. The fourth-order valence-corrected chi connectivity index (χ4v) is 5.62. The summed E-state index contributed by atoms with van der Waals surface area (Å²) in [5, 5.41) is 41.8. The Kier molecular flexibility index (Phi) is 10.2. The summed E-state index contributed by atoms with van der Waals surface area (Å²) in [7, 11) is 0. The van der Waals surface area contributed by atoms with Crippen molar-refractivity contribution >= 4 is 34.0 Å². The number of carbonyl (C=O) groups excluding carboxylic acids is 2. The van der Waals surface area contributed by atoms with E-state index in [1.807, 2.05) is 72.8 Å². The van der Waals surface area contributed by atoms with Crippen LogP contribution in [0.5, 0.6) is 11.5 Å². The molecule has 0 atom stereocenters. The molecule has 260 valence electrons. The molecule has 0 spiro atoms. The number of fused-ring (bicyclic) bond motifs is 2. The molecule has 0 aliphatic heterocycles. The van der Waals surface area contributed by atoms with Crippen LogP contribution in [-0.4, -0.2) is 65.4 Å². The van der Waals surface area contributed by atoms with Crippen LogP contribution in [0.3, 0.4) is 0 Å². The number of hydrogen-bond donors (Lipinski definition) is 2. The Morgan fingerprint density at radius 3 is 1.31 bits per heavy atom. The lowest BCUT2D eigenvalue weighted by molar-refractivity contribution is -0.139. The highest BCUT2D eigenvalue weighted by atomic mass is 16.5. The summed E-state index contributed by atoms with van der Waals surface area (Å²) < 4.78 is 10.6. The second-order valence-corrected chi connectivity index (χ2v) is 12.4. The maximum Gasteiger partial charge on any atom is 0.333 e. The summed E-state index contributed by atoms with van der Waals surface area (Å²) in [6.07, 6.45) is 2.23. The van der Waals surface area contributed by atoms with E-state index in [1.165, 1.54) is 9.59 Å². The minimum atomic E-state index is -0.450. The number of rotatable bonds is 14. The first-order valence-electron chi connectivity index (χ1n) is 16.6. The van der Waals surface area contributed by atoms with Gasteiger partial charge in [0.2, 0.25) is 0 Å². The topological polar surface area (TPSA) is 154 Å². The lowest BCUT2D eigenvalue weighted by Crippen LogP contribution is -2.08. The van der Waals surface area contributed by atoms with E-state index in [9.17, 15) is 19.8 Å². The van der Waals surface area contributed by atoms with Gasteiger partial charge in [-0.3, -0.25) is 0 Å². The van der Waals surface area contributed by atoms with Gasteiger partial charge in [0, 0.05) is 28.7 Å². The molecule has 0 fully saturated rings. The lowest BCUT2D eigenvalue weighted by Gasteiger charge is -2.16. The smallest absolute Gasteiger partial charge is 0.333 e. The predicted molar refractivity (Wildman–Crippen MR) is 192 cm³/mol. The third-order valence-electron chi connectivity index (χ3n) is 8.22. The molecular formula is C39H38N6O6. The molecule has 12 heteroatoms. The molecule has 2 N–H and O–H groups in total. The molecule has 12 nitrogen and oxygen atoms in total. The van der Waals surface area contributed by atoms with E-state index < -0.39 is 11.9 Å². The molecule has 4 aromatic carbocycles. The third kappa shape index (κ3) is 7.96. The molecule has 0 bridgehead atoms. The second kappa shape index (κ2) is 15.1. The van der Waals surface area contributed by atoms with Gasteiger partial charge in [0.1, 0.15) is 44.9 Å². The molecule has 51 heavy (non-hydrogen) atoms. The summed E-state index contributed by atoms with van der Waals surface area (Å²) in [5.41, 5.74) is 6.80. The van der Waals surface area contributed by atoms with Crippen molar-refractivity contribution in [2.75, 3.05) is 13.2 Å². The SMILES string of the molecule is C=C(C)C(=O)OCCCc1cc(Cc2cc(CCCOC(=O)C(=C)C)cc(-n3nc4ccccc4n3)c2O)c(O)c(-n2nc3ccccc3n2)c1. The van der Waals surface area contributed by atoms with E-state index in [0.29, 0.717) is 81.4 Å². The predicted octanol–water partition coefficient (Wildman–Crippen LogP) is 6.26. The van der Waals surface area contributed by atoms with Crippen LogP contribution in [0.1, 0.15) is 48.9 Å². The van der Waals surface area contributed by atoms with Crippen LogP contribution < -0.4 is 0 Å². The monoisotopic (exact) mass is 686 g/mol. The van der Waals surface area contributed by atoms with Gasteiger partial charge in [0.25, 0.3) is 0 Å². The van der Waals surface area contributed by atoms with Crippen molar-refractivity contribution in [3.63, 3.8) is 0 Å². The molecular weight excluding hydrogens is 648 g/mol. The fraction of sp³-hybridized carbons (Fsp3) is 0.231. The van der Waals surface area contributed by atoms with E-state index in [1.54, 1.807) is 13.8 Å². The second-order valence-electron chi connectivity index (χ2n) is 12.4. The van der Waals surface area contributed by atoms with Crippen molar-refractivity contribution in [3.8, 4) is 22.9 Å². The first kappa shape index (κ1) is 34.6. The minimum absolute atomic E-state index is 0.0474. The van der Waals surface area contributed by atoms with E-state index in [4.69, 9.17) is 9.47 Å². The molecule has 0 aliphatic carbocycles. The highest BCUT2D eigenvalue weighted by Crippen LogP contribution is 2.35. The molecule has 0 amide bonds. The Bertz CT molecular complexity index is 2060. The maximum absolute atomic E-state index is 11.9. The Morgan fingerprint density at radius 1 is 0.627 bits per heavy atom. The Balaban J connectivity index is 1.37. The minimum Gasteiger partial charge on any atom is -0.505 e. The number of phenolic OH excluding ortho intramolecular Hbond substituents is 2. The van der Waals surface area contributed by atoms with Gasteiger partial charge in [0.05, 0.1) is 13.2 Å². The van der Waals surface area contributed by atoms with Gasteiger partial charge in [-0.15, -0.1) is 30.0 Å². The standard InChI is InChI=1S/C39H38N6O6/c1-24(2)38(48)50-17-9-11-26-19-28(36(46)34(21-26)44-40-30-13-5-6-14-31(30)41-44)23-29-20-27(12-10-18-51-39(49)25(3)4)22-35(37(29)47)45-42-32-15-7-8-16-33(32)43-45/h5-8,13-16,19-22,46-47H,1,3,9-12,17-18,23H2,2,4H3. The van der Waals surface area contributed by atoms with Gasteiger partial charge >= 0.3 is 11.9 Å². The van der Waals surface area contributed by atoms with Crippen LogP contribution in [0.4, 0.5) is 0 Å². The maximum atomic E-state index is 11.9. The number of benzene rings is 4. The number of esters is 2. The summed E-state index contributed by atoms with van der Waals surface area (Å²) in [6.45, 7) is 10.8. The number of nitrogens with zero attached hydrogens (tertiary/aromatic N) is 6. The van der Waals surface area contributed by atoms with Gasteiger partial charge in [-0.1, -0.05) is 49.6 Å². The Morgan fingerprint density at radius 2 is 0.980 bits per heavy atom. The van der Waals surface area contributed by atoms with Crippen LogP contribution in [0.2, 0.25) is 0 Å². The van der Waals surface area contributed by atoms with Gasteiger partial charge in [-0.25, -0.2) is 9.59 Å². The zero-order valence-electron chi connectivity index (χ0n) is 28.5.